The van der Waals surface area contributed by atoms with Gasteiger partial charge in [-0.2, -0.15) is 0 Å². The van der Waals surface area contributed by atoms with Crippen molar-refractivity contribution >= 4 is 0 Å². The molecule has 0 saturated carbocycles. The molecule has 0 aliphatic rings. The van der Waals surface area contributed by atoms with Crippen molar-refractivity contribution in [2.45, 2.75) is 200 Å². The van der Waals surface area contributed by atoms with Crippen LogP contribution in [0.1, 0.15) is 200 Å². The van der Waals surface area contributed by atoms with Crippen LogP contribution in [-0.4, -0.2) is 0 Å². The van der Waals surface area contributed by atoms with E-state index >= 15 is 0 Å². The van der Waals surface area contributed by atoms with Crippen molar-refractivity contribution in [1.82, 2.24) is 0 Å². The number of unbranched alkanes of at least 4 members (excludes halogenated alkanes) is 25. The molecule has 0 nitrogen and oxygen atoms in total. The van der Waals surface area contributed by atoms with Gasteiger partial charge < -0.3 is 0 Å². The van der Waals surface area contributed by atoms with Gasteiger partial charge in [0.15, 0.2) is 0 Å². The van der Waals surface area contributed by atoms with Crippen molar-refractivity contribution in [1.29, 1.82) is 0 Å². The second-order valence-electron chi connectivity index (χ2n) is 11.3. The molecule has 0 spiro atoms. The predicted octanol–water partition coefficient (Wildman–Crippen LogP) is 12.8. The topological polar surface area (TPSA) is 0 Å². The molecule has 0 N–H and O–H groups in total. The van der Waals surface area contributed by atoms with E-state index in [0.717, 1.165) is 5.92 Å². The van der Waals surface area contributed by atoms with Crippen LogP contribution in [0.4, 0.5) is 0 Å². The maximum absolute atomic E-state index is 4.40. The van der Waals surface area contributed by atoms with E-state index in [-0.39, 0.29) is 0 Å². The molecule has 0 amide bonds. The zero-order valence-electron chi connectivity index (χ0n) is 23.8. The summed E-state index contributed by atoms with van der Waals surface area (Å²) in [6.07, 6.45) is 42.1. The van der Waals surface area contributed by atoms with Crippen molar-refractivity contribution in [3.63, 3.8) is 0 Å². The van der Waals surface area contributed by atoms with Crippen molar-refractivity contribution in [3.8, 4) is 0 Å². The normalized spacial score (nSPS) is 12.5. The Labute approximate surface area is 212 Å². The van der Waals surface area contributed by atoms with Crippen LogP contribution < -0.4 is 0 Å². The Balaban J connectivity index is 3.09. The zero-order valence-corrected chi connectivity index (χ0v) is 23.8. The SMILES string of the molecule is [CH2]C(CCCCCCCCC)CCCCCCCCCCCCCCCCCCCCCC. The average Bonchev–Trinajstić information content (AvgIpc) is 2.82. The molecule has 0 aromatic heterocycles. The second-order valence-corrected chi connectivity index (χ2v) is 11.3. The summed E-state index contributed by atoms with van der Waals surface area (Å²) in [5.74, 6) is 0.719. The fourth-order valence-corrected chi connectivity index (χ4v) is 5.22. The van der Waals surface area contributed by atoms with Crippen LogP contribution in [0, 0.1) is 12.8 Å². The highest BCUT2D eigenvalue weighted by molar-refractivity contribution is 4.62. The van der Waals surface area contributed by atoms with Gasteiger partial charge in [-0.1, -0.05) is 207 Å². The molecule has 0 rings (SSSR count). The highest BCUT2D eigenvalue weighted by Gasteiger charge is 2.02. The standard InChI is InChI=1S/C33H67/c1-4-6-8-10-12-13-14-15-16-17-18-19-20-21-22-23-24-26-28-30-32-33(3)31-29-27-25-11-9-7-5-2/h33H,3-32H2,1-2H3. The smallest absolute Gasteiger partial charge is 0.0414 e. The van der Waals surface area contributed by atoms with Gasteiger partial charge in [0.25, 0.3) is 0 Å². The first-order valence-corrected chi connectivity index (χ1v) is 16.1. The monoisotopic (exact) mass is 464 g/mol. The molecular formula is C33H67. The summed E-state index contributed by atoms with van der Waals surface area (Å²) in [4.78, 5) is 0. The third-order valence-electron chi connectivity index (χ3n) is 7.68. The molecule has 1 radical (unpaired) electrons. The molecule has 0 saturated heterocycles. The summed E-state index contributed by atoms with van der Waals surface area (Å²) in [5, 5.41) is 0. The zero-order chi connectivity index (χ0) is 24.1. The summed E-state index contributed by atoms with van der Waals surface area (Å²) >= 11 is 0. The van der Waals surface area contributed by atoms with E-state index < -0.39 is 0 Å². The van der Waals surface area contributed by atoms with Gasteiger partial charge in [-0.05, 0) is 5.92 Å². The molecule has 0 aromatic rings. The van der Waals surface area contributed by atoms with Crippen molar-refractivity contribution in [2.75, 3.05) is 0 Å². The van der Waals surface area contributed by atoms with Crippen LogP contribution in [0.2, 0.25) is 0 Å². The van der Waals surface area contributed by atoms with Crippen LogP contribution in [-0.2, 0) is 0 Å². The molecule has 0 heterocycles. The average molecular weight is 464 g/mol. The second kappa shape index (κ2) is 30.0. The minimum Gasteiger partial charge on any atom is -0.0654 e. The van der Waals surface area contributed by atoms with E-state index in [1.807, 2.05) is 0 Å². The maximum atomic E-state index is 4.40. The van der Waals surface area contributed by atoms with Crippen molar-refractivity contribution in [3.05, 3.63) is 6.92 Å². The van der Waals surface area contributed by atoms with E-state index in [1.54, 1.807) is 0 Å². The Kier molecular flexibility index (Phi) is 30.0. The first kappa shape index (κ1) is 33.0. The van der Waals surface area contributed by atoms with Gasteiger partial charge in [-0.15, -0.1) is 0 Å². The number of hydrogen-bond donors (Lipinski definition) is 0. The van der Waals surface area contributed by atoms with Gasteiger partial charge in [-0.25, -0.2) is 0 Å². The molecule has 33 heavy (non-hydrogen) atoms. The lowest BCUT2D eigenvalue weighted by atomic mass is 9.95. The molecular weight excluding hydrogens is 396 g/mol. The molecule has 1 atom stereocenters. The lowest BCUT2D eigenvalue weighted by molar-refractivity contribution is 0.460. The number of rotatable bonds is 29. The first-order valence-electron chi connectivity index (χ1n) is 16.1. The van der Waals surface area contributed by atoms with Gasteiger partial charge in [0, 0.05) is 0 Å². The molecule has 1 unspecified atom stereocenters. The van der Waals surface area contributed by atoms with Gasteiger partial charge in [0.05, 0.1) is 0 Å². The summed E-state index contributed by atoms with van der Waals surface area (Å²) in [6, 6.07) is 0. The van der Waals surface area contributed by atoms with E-state index in [9.17, 15) is 0 Å². The molecule has 0 heteroatoms. The van der Waals surface area contributed by atoms with E-state index in [4.69, 9.17) is 0 Å². The van der Waals surface area contributed by atoms with Gasteiger partial charge in [0.2, 0.25) is 0 Å². The highest BCUT2D eigenvalue weighted by atomic mass is 14.1. The molecule has 0 aliphatic heterocycles. The van der Waals surface area contributed by atoms with Gasteiger partial charge in [-0.3, -0.25) is 0 Å². The third kappa shape index (κ3) is 30.0. The van der Waals surface area contributed by atoms with Gasteiger partial charge in [0.1, 0.15) is 0 Å². The third-order valence-corrected chi connectivity index (χ3v) is 7.68. The molecule has 0 fully saturated rings. The quantitative estimate of drug-likeness (QED) is 0.0967. The van der Waals surface area contributed by atoms with Crippen LogP contribution in [0.15, 0.2) is 0 Å². The lowest BCUT2D eigenvalue weighted by Crippen LogP contribution is -1.95. The lowest BCUT2D eigenvalue weighted by Gasteiger charge is -2.11. The molecule has 199 valence electrons. The van der Waals surface area contributed by atoms with Crippen LogP contribution >= 0.6 is 0 Å². The highest BCUT2D eigenvalue weighted by Crippen LogP contribution is 2.19. The summed E-state index contributed by atoms with van der Waals surface area (Å²) in [5.41, 5.74) is 0. The molecule has 0 bridgehead atoms. The first-order chi connectivity index (χ1) is 16.3. The Morgan fingerprint density at radius 2 is 0.485 bits per heavy atom. The molecule has 0 aliphatic carbocycles. The Morgan fingerprint density at radius 3 is 0.697 bits per heavy atom. The number of hydrogen-bond acceptors (Lipinski definition) is 0. The van der Waals surface area contributed by atoms with E-state index in [2.05, 4.69) is 20.8 Å². The Bertz CT molecular complexity index is 320. The van der Waals surface area contributed by atoms with Crippen LogP contribution in [0.5, 0.6) is 0 Å². The minimum atomic E-state index is 0.719. The summed E-state index contributed by atoms with van der Waals surface area (Å²) in [7, 11) is 0. The Morgan fingerprint density at radius 1 is 0.303 bits per heavy atom. The van der Waals surface area contributed by atoms with Crippen LogP contribution in [0.25, 0.3) is 0 Å². The van der Waals surface area contributed by atoms with Crippen LogP contribution in [0.3, 0.4) is 0 Å². The summed E-state index contributed by atoms with van der Waals surface area (Å²) in [6.45, 7) is 9.01. The fourth-order valence-electron chi connectivity index (χ4n) is 5.22. The molecule has 0 aromatic carbocycles. The minimum absolute atomic E-state index is 0.719. The largest absolute Gasteiger partial charge is 0.0654 e. The summed E-state index contributed by atoms with van der Waals surface area (Å²) < 4.78 is 0. The predicted molar refractivity (Wildman–Crippen MR) is 154 cm³/mol. The van der Waals surface area contributed by atoms with E-state index in [1.165, 1.54) is 186 Å². The van der Waals surface area contributed by atoms with E-state index in [0.29, 0.717) is 0 Å². The van der Waals surface area contributed by atoms with Crippen molar-refractivity contribution in [2.24, 2.45) is 5.92 Å². The Hall–Kier alpha value is 0. The van der Waals surface area contributed by atoms with Crippen molar-refractivity contribution < 1.29 is 0 Å². The fraction of sp³-hybridized carbons (Fsp3) is 0.970. The maximum Gasteiger partial charge on any atom is -0.0414 e. The van der Waals surface area contributed by atoms with Gasteiger partial charge >= 0.3 is 0 Å².